The molecule has 1 aromatic carbocycles. The number of halogens is 3. The van der Waals surface area contributed by atoms with Crippen molar-refractivity contribution in [3.05, 3.63) is 52.4 Å². The van der Waals surface area contributed by atoms with Crippen LogP contribution in [0, 0.1) is 5.92 Å². The van der Waals surface area contributed by atoms with Gasteiger partial charge in [0, 0.05) is 38.7 Å². The lowest BCUT2D eigenvalue weighted by Gasteiger charge is -2.34. The lowest BCUT2D eigenvalue weighted by Crippen LogP contribution is -2.42. The maximum Gasteiger partial charge on any atom is 0.416 e. The van der Waals surface area contributed by atoms with Crippen LogP contribution in [0.4, 0.5) is 13.2 Å². The molecule has 1 atom stereocenters. The molecule has 2 heterocycles. The zero-order chi connectivity index (χ0) is 22.7. The number of rotatable bonds is 6. The molecule has 0 bridgehead atoms. The zero-order valence-corrected chi connectivity index (χ0v) is 18.5. The number of benzene rings is 1. The number of carbonyl (C=O) groups is 1. The van der Waals surface area contributed by atoms with Gasteiger partial charge in [-0.2, -0.15) is 13.2 Å². The molecule has 2 aliphatic rings. The summed E-state index contributed by atoms with van der Waals surface area (Å²) in [6.07, 6.45) is 2.15. The topological polar surface area (TPSA) is 49.6 Å². The van der Waals surface area contributed by atoms with E-state index in [4.69, 9.17) is 4.52 Å². The van der Waals surface area contributed by atoms with Crippen LogP contribution in [0.15, 0.2) is 28.8 Å². The van der Waals surface area contributed by atoms with Crippen molar-refractivity contribution >= 4 is 5.91 Å². The molecular weight excluding hydrogens is 419 g/mol. The number of likely N-dealkylation sites (tertiary alicyclic amines) is 1. The van der Waals surface area contributed by atoms with Crippen LogP contribution in [0.25, 0.3) is 0 Å². The standard InChI is InChI=1S/C24H30F3N3O2/c1-29(23(31)22-20-9-2-3-10-21(20)32-28-22)15-18-7-5-12-30(16-18)13-11-17-6-4-8-19(14-17)24(25,26)27/h4,6,8,14,18H,2-3,5,7,9-13,15-16H2,1H3/t18-/m1/s1. The lowest BCUT2D eigenvalue weighted by atomic mass is 9.95. The maximum absolute atomic E-state index is 13.0. The average Bonchev–Trinajstić information content (AvgIpc) is 3.21. The van der Waals surface area contributed by atoms with Crippen LogP contribution >= 0.6 is 0 Å². The number of aromatic nitrogens is 1. The van der Waals surface area contributed by atoms with Crippen molar-refractivity contribution < 1.29 is 22.5 Å². The van der Waals surface area contributed by atoms with Crippen LogP contribution in [0.3, 0.4) is 0 Å². The Morgan fingerprint density at radius 2 is 2.06 bits per heavy atom. The summed E-state index contributed by atoms with van der Waals surface area (Å²) in [7, 11) is 1.81. The Kier molecular flexibility index (Phi) is 6.88. The van der Waals surface area contributed by atoms with E-state index in [0.29, 0.717) is 36.7 Å². The normalized spacial score (nSPS) is 19.6. The van der Waals surface area contributed by atoms with E-state index in [2.05, 4.69) is 10.1 Å². The number of alkyl halides is 3. The summed E-state index contributed by atoms with van der Waals surface area (Å²) < 4.78 is 44.2. The Hall–Kier alpha value is -2.35. The summed E-state index contributed by atoms with van der Waals surface area (Å²) >= 11 is 0. The second-order valence-corrected chi connectivity index (χ2v) is 9.08. The van der Waals surface area contributed by atoms with Crippen LogP contribution in [0.1, 0.15) is 58.6 Å². The second kappa shape index (κ2) is 9.65. The van der Waals surface area contributed by atoms with Gasteiger partial charge in [-0.1, -0.05) is 23.4 Å². The van der Waals surface area contributed by atoms with Crippen molar-refractivity contribution in [1.82, 2.24) is 15.0 Å². The van der Waals surface area contributed by atoms with E-state index < -0.39 is 11.7 Å². The Bertz CT molecular complexity index is 941. The van der Waals surface area contributed by atoms with E-state index in [1.807, 2.05) is 7.05 Å². The summed E-state index contributed by atoms with van der Waals surface area (Å²) in [6, 6.07) is 5.58. The highest BCUT2D eigenvalue weighted by Crippen LogP contribution is 2.30. The van der Waals surface area contributed by atoms with Crippen molar-refractivity contribution in [2.24, 2.45) is 5.92 Å². The molecule has 0 spiro atoms. The van der Waals surface area contributed by atoms with Gasteiger partial charge in [-0.25, -0.2) is 0 Å². The molecule has 1 fully saturated rings. The van der Waals surface area contributed by atoms with Crippen LogP contribution < -0.4 is 0 Å². The highest BCUT2D eigenvalue weighted by atomic mass is 19.4. The van der Waals surface area contributed by atoms with Crippen molar-refractivity contribution in [3.63, 3.8) is 0 Å². The van der Waals surface area contributed by atoms with Gasteiger partial charge in [-0.15, -0.1) is 0 Å². The molecule has 0 radical (unpaired) electrons. The lowest BCUT2D eigenvalue weighted by molar-refractivity contribution is -0.137. The first-order valence-corrected chi connectivity index (χ1v) is 11.4. The van der Waals surface area contributed by atoms with Crippen LogP contribution in [-0.4, -0.2) is 54.1 Å². The van der Waals surface area contributed by atoms with Gasteiger partial charge in [-0.05, 0) is 62.6 Å². The quantitative estimate of drug-likeness (QED) is 0.647. The first-order valence-electron chi connectivity index (χ1n) is 11.4. The van der Waals surface area contributed by atoms with E-state index in [0.717, 1.165) is 69.0 Å². The fourth-order valence-electron chi connectivity index (χ4n) is 4.90. The van der Waals surface area contributed by atoms with Crippen molar-refractivity contribution in [2.75, 3.05) is 33.2 Å². The number of hydrogen-bond donors (Lipinski definition) is 0. The van der Waals surface area contributed by atoms with Gasteiger partial charge in [0.1, 0.15) is 5.76 Å². The number of amides is 1. The molecule has 1 aliphatic heterocycles. The predicted octanol–water partition coefficient (Wildman–Crippen LogP) is 4.60. The first kappa shape index (κ1) is 22.8. The Labute approximate surface area is 186 Å². The summed E-state index contributed by atoms with van der Waals surface area (Å²) in [5.74, 6) is 1.10. The Morgan fingerprint density at radius 1 is 1.25 bits per heavy atom. The monoisotopic (exact) mass is 449 g/mol. The molecule has 0 unspecified atom stereocenters. The van der Waals surface area contributed by atoms with Crippen LogP contribution in [0.2, 0.25) is 0 Å². The fraction of sp³-hybridized carbons (Fsp3) is 0.583. The van der Waals surface area contributed by atoms with Crippen molar-refractivity contribution in [2.45, 2.75) is 51.1 Å². The molecule has 8 heteroatoms. The number of piperidine rings is 1. The fourth-order valence-corrected chi connectivity index (χ4v) is 4.90. The number of fused-ring (bicyclic) bond motifs is 1. The van der Waals surface area contributed by atoms with Crippen LogP contribution in [-0.2, 0) is 25.4 Å². The van der Waals surface area contributed by atoms with E-state index >= 15 is 0 Å². The number of carbonyl (C=O) groups excluding carboxylic acids is 1. The minimum absolute atomic E-state index is 0.0852. The van der Waals surface area contributed by atoms with Crippen molar-refractivity contribution in [1.29, 1.82) is 0 Å². The van der Waals surface area contributed by atoms with E-state index in [1.54, 1.807) is 11.0 Å². The largest absolute Gasteiger partial charge is 0.416 e. The van der Waals surface area contributed by atoms with Gasteiger partial charge >= 0.3 is 6.18 Å². The van der Waals surface area contributed by atoms with Gasteiger partial charge in [0.15, 0.2) is 5.69 Å². The minimum Gasteiger partial charge on any atom is -0.360 e. The van der Waals surface area contributed by atoms with Gasteiger partial charge in [0.05, 0.1) is 5.56 Å². The molecule has 0 N–H and O–H groups in total. The van der Waals surface area contributed by atoms with E-state index in [1.165, 1.54) is 12.1 Å². The molecule has 1 amide bonds. The number of aryl methyl sites for hydroxylation is 1. The zero-order valence-electron chi connectivity index (χ0n) is 18.5. The third-order valence-electron chi connectivity index (χ3n) is 6.61. The van der Waals surface area contributed by atoms with Gasteiger partial charge < -0.3 is 14.3 Å². The molecule has 174 valence electrons. The molecule has 2 aromatic rings. The van der Waals surface area contributed by atoms with Gasteiger partial charge in [0.25, 0.3) is 5.91 Å². The van der Waals surface area contributed by atoms with Crippen molar-refractivity contribution in [3.8, 4) is 0 Å². The Morgan fingerprint density at radius 3 is 2.88 bits per heavy atom. The SMILES string of the molecule is CN(C[C@H]1CCCN(CCc2cccc(C(F)(F)F)c2)C1)C(=O)c1noc2c1CCCC2. The van der Waals surface area contributed by atoms with E-state index in [9.17, 15) is 18.0 Å². The average molecular weight is 450 g/mol. The molecule has 1 aromatic heterocycles. The second-order valence-electron chi connectivity index (χ2n) is 9.08. The molecule has 5 nitrogen and oxygen atoms in total. The summed E-state index contributed by atoms with van der Waals surface area (Å²) in [6.45, 7) is 3.13. The third kappa shape index (κ3) is 5.34. The number of hydrogen-bond acceptors (Lipinski definition) is 4. The van der Waals surface area contributed by atoms with Crippen LogP contribution in [0.5, 0.6) is 0 Å². The molecule has 1 saturated heterocycles. The third-order valence-corrected chi connectivity index (χ3v) is 6.61. The first-order chi connectivity index (χ1) is 15.3. The highest BCUT2D eigenvalue weighted by Gasteiger charge is 2.31. The summed E-state index contributed by atoms with van der Waals surface area (Å²) in [5.41, 5.74) is 1.53. The molecule has 0 saturated carbocycles. The molecule has 32 heavy (non-hydrogen) atoms. The Balaban J connectivity index is 1.30. The predicted molar refractivity (Wildman–Crippen MR) is 114 cm³/mol. The van der Waals surface area contributed by atoms with E-state index in [-0.39, 0.29) is 5.91 Å². The maximum atomic E-state index is 13.0. The van der Waals surface area contributed by atoms with Gasteiger partial charge in [-0.3, -0.25) is 4.79 Å². The minimum atomic E-state index is -4.31. The molecular formula is C24H30F3N3O2. The molecule has 4 rings (SSSR count). The van der Waals surface area contributed by atoms with Gasteiger partial charge in [0.2, 0.25) is 0 Å². The number of nitrogens with zero attached hydrogens (tertiary/aromatic N) is 3. The summed E-state index contributed by atoms with van der Waals surface area (Å²) in [5, 5.41) is 4.06. The molecule has 1 aliphatic carbocycles. The summed E-state index contributed by atoms with van der Waals surface area (Å²) in [4.78, 5) is 17.0. The smallest absolute Gasteiger partial charge is 0.360 e. The highest BCUT2D eigenvalue weighted by molar-refractivity contribution is 5.93.